The lowest BCUT2D eigenvalue weighted by molar-refractivity contribution is 0.130. The van der Waals surface area contributed by atoms with Crippen LogP contribution < -0.4 is 5.32 Å². The minimum atomic E-state index is -0.231. The van der Waals surface area contributed by atoms with E-state index in [0.29, 0.717) is 13.1 Å². The second-order valence-electron chi connectivity index (χ2n) is 9.55. The highest BCUT2D eigenvalue weighted by molar-refractivity contribution is 7.23. The summed E-state index contributed by atoms with van der Waals surface area (Å²) in [6.07, 6.45) is 0. The lowest BCUT2D eigenvalue weighted by atomic mass is 10.1. The molecule has 0 aliphatic carbocycles. The van der Waals surface area contributed by atoms with E-state index in [1.165, 1.54) is 5.69 Å². The molecule has 0 bridgehead atoms. The Bertz CT molecular complexity index is 1300. The van der Waals surface area contributed by atoms with E-state index >= 15 is 0 Å². The van der Waals surface area contributed by atoms with E-state index in [1.807, 2.05) is 43.9 Å². The topological polar surface area (TPSA) is 52.9 Å². The first kappa shape index (κ1) is 22.2. The lowest BCUT2D eigenvalue weighted by Gasteiger charge is -2.36. The molecule has 2 aromatic carbocycles. The van der Waals surface area contributed by atoms with E-state index in [0.717, 1.165) is 51.1 Å². The molecular weight excluding hydrogens is 454 g/mol. The van der Waals surface area contributed by atoms with Crippen LogP contribution in [-0.4, -0.2) is 56.9 Å². The SMILES string of the molecule is CC(C)(C)NC(=O)N1CCN(Cc2c(-c3ccccc3)nc3sc4cc(Cl)ccc4n23)CC1. The van der Waals surface area contributed by atoms with Crippen molar-refractivity contribution in [2.24, 2.45) is 0 Å². The highest BCUT2D eigenvalue weighted by Gasteiger charge is 2.26. The molecular formula is C25H28ClN5OS. The van der Waals surface area contributed by atoms with E-state index in [1.54, 1.807) is 11.3 Å². The number of amides is 2. The Morgan fingerprint density at radius 3 is 2.52 bits per heavy atom. The van der Waals surface area contributed by atoms with Crippen LogP contribution in [0, 0.1) is 0 Å². The molecule has 1 aliphatic rings. The highest BCUT2D eigenvalue weighted by atomic mass is 35.5. The molecule has 0 radical (unpaired) electrons. The molecule has 0 saturated carbocycles. The second kappa shape index (κ2) is 8.63. The molecule has 4 aromatic rings. The minimum absolute atomic E-state index is 0.0135. The zero-order chi connectivity index (χ0) is 23.2. The maximum absolute atomic E-state index is 12.6. The molecule has 2 amide bonds. The van der Waals surface area contributed by atoms with E-state index in [2.05, 4.69) is 44.9 Å². The average Bonchev–Trinajstić information content (AvgIpc) is 3.29. The van der Waals surface area contributed by atoms with Crippen molar-refractivity contribution in [2.45, 2.75) is 32.9 Å². The van der Waals surface area contributed by atoms with Crippen molar-refractivity contribution in [3.63, 3.8) is 0 Å². The van der Waals surface area contributed by atoms with Crippen molar-refractivity contribution < 1.29 is 4.79 Å². The summed E-state index contributed by atoms with van der Waals surface area (Å²) in [5, 5.41) is 3.81. The summed E-state index contributed by atoms with van der Waals surface area (Å²) >= 11 is 7.91. The van der Waals surface area contributed by atoms with E-state index in [-0.39, 0.29) is 11.6 Å². The Labute approximate surface area is 202 Å². The van der Waals surface area contributed by atoms with Crippen LogP contribution in [0.5, 0.6) is 0 Å². The predicted octanol–water partition coefficient (Wildman–Crippen LogP) is 5.50. The molecule has 6 nitrogen and oxygen atoms in total. The summed E-state index contributed by atoms with van der Waals surface area (Å²) < 4.78 is 3.41. The number of urea groups is 1. The third-order valence-electron chi connectivity index (χ3n) is 5.87. The molecule has 0 unspecified atom stereocenters. The first-order valence-electron chi connectivity index (χ1n) is 11.2. The Balaban J connectivity index is 1.45. The fourth-order valence-electron chi connectivity index (χ4n) is 4.29. The van der Waals surface area contributed by atoms with Gasteiger partial charge in [-0.2, -0.15) is 0 Å². The molecule has 1 saturated heterocycles. The minimum Gasteiger partial charge on any atom is -0.333 e. The number of benzene rings is 2. The first-order chi connectivity index (χ1) is 15.8. The van der Waals surface area contributed by atoms with Crippen LogP contribution in [0.4, 0.5) is 4.79 Å². The van der Waals surface area contributed by atoms with Gasteiger partial charge in [0.05, 0.1) is 21.6 Å². The van der Waals surface area contributed by atoms with Gasteiger partial charge >= 0.3 is 6.03 Å². The number of fused-ring (bicyclic) bond motifs is 3. The lowest BCUT2D eigenvalue weighted by Crippen LogP contribution is -2.54. The number of nitrogens with zero attached hydrogens (tertiary/aromatic N) is 4. The summed E-state index contributed by atoms with van der Waals surface area (Å²) in [6, 6.07) is 16.4. The molecule has 172 valence electrons. The summed E-state index contributed by atoms with van der Waals surface area (Å²) in [5.74, 6) is 0. The van der Waals surface area contributed by atoms with Crippen LogP contribution in [0.2, 0.25) is 5.02 Å². The number of aromatic nitrogens is 2. The van der Waals surface area contributed by atoms with Crippen LogP contribution in [-0.2, 0) is 6.54 Å². The van der Waals surface area contributed by atoms with Crippen molar-refractivity contribution in [1.82, 2.24) is 24.5 Å². The fourth-order valence-corrected chi connectivity index (χ4v) is 5.61. The number of imidazole rings is 1. The summed E-state index contributed by atoms with van der Waals surface area (Å²) in [7, 11) is 0. The number of thiazole rings is 1. The van der Waals surface area contributed by atoms with Gasteiger partial charge in [-0.1, -0.05) is 53.3 Å². The molecule has 1 N–H and O–H groups in total. The third kappa shape index (κ3) is 4.58. The van der Waals surface area contributed by atoms with E-state index < -0.39 is 0 Å². The number of hydrogen-bond acceptors (Lipinski definition) is 4. The normalized spacial score (nSPS) is 15.5. The van der Waals surface area contributed by atoms with Gasteiger partial charge in [-0.15, -0.1) is 0 Å². The average molecular weight is 482 g/mol. The highest BCUT2D eigenvalue weighted by Crippen LogP contribution is 2.35. The van der Waals surface area contributed by atoms with Crippen molar-refractivity contribution in [1.29, 1.82) is 0 Å². The number of carbonyl (C=O) groups is 1. The number of nitrogens with one attached hydrogen (secondary N) is 1. The standard InChI is InChI=1S/C25H28ClN5OS/c1-25(2,3)28-23(32)30-13-11-29(12-14-30)16-20-22(17-7-5-4-6-8-17)27-24-31(20)19-10-9-18(26)15-21(19)33-24/h4-10,15H,11-14,16H2,1-3H3,(H,28,32). The van der Waals surface area contributed by atoms with Crippen molar-refractivity contribution in [3.05, 3.63) is 59.2 Å². The summed E-state index contributed by atoms with van der Waals surface area (Å²) in [4.78, 5) is 22.9. The molecule has 1 fully saturated rings. The zero-order valence-electron chi connectivity index (χ0n) is 19.1. The second-order valence-corrected chi connectivity index (χ2v) is 11.0. The van der Waals surface area contributed by atoms with Gasteiger partial charge in [-0.05, 0) is 39.0 Å². The Kier molecular flexibility index (Phi) is 5.80. The van der Waals surface area contributed by atoms with Gasteiger partial charge in [0.15, 0.2) is 4.96 Å². The van der Waals surface area contributed by atoms with Gasteiger partial charge in [-0.25, -0.2) is 9.78 Å². The van der Waals surface area contributed by atoms with Crippen molar-refractivity contribution in [2.75, 3.05) is 26.2 Å². The van der Waals surface area contributed by atoms with Gasteiger partial charge in [-0.3, -0.25) is 9.30 Å². The molecule has 0 spiro atoms. The molecule has 33 heavy (non-hydrogen) atoms. The van der Waals surface area contributed by atoms with Gasteiger partial charge in [0.1, 0.15) is 0 Å². The van der Waals surface area contributed by atoms with Crippen molar-refractivity contribution >= 4 is 44.1 Å². The molecule has 0 atom stereocenters. The quantitative estimate of drug-likeness (QED) is 0.420. The number of halogens is 1. The predicted molar refractivity (Wildman–Crippen MR) is 136 cm³/mol. The number of rotatable bonds is 3. The smallest absolute Gasteiger partial charge is 0.317 e. The summed E-state index contributed by atoms with van der Waals surface area (Å²) in [5.41, 5.74) is 4.22. The largest absolute Gasteiger partial charge is 0.333 e. The van der Waals surface area contributed by atoms with Crippen LogP contribution in [0.3, 0.4) is 0 Å². The van der Waals surface area contributed by atoms with Gasteiger partial charge < -0.3 is 10.2 Å². The van der Waals surface area contributed by atoms with Crippen molar-refractivity contribution in [3.8, 4) is 11.3 Å². The van der Waals surface area contributed by atoms with Gasteiger partial charge in [0, 0.05) is 48.8 Å². The molecule has 8 heteroatoms. The van der Waals surface area contributed by atoms with Crippen LogP contribution in [0.1, 0.15) is 26.5 Å². The molecule has 2 aromatic heterocycles. The first-order valence-corrected chi connectivity index (χ1v) is 12.4. The van der Waals surface area contributed by atoms with Crippen LogP contribution in [0.25, 0.3) is 26.4 Å². The maximum Gasteiger partial charge on any atom is 0.317 e. The monoisotopic (exact) mass is 481 g/mol. The van der Waals surface area contributed by atoms with Crippen LogP contribution >= 0.6 is 22.9 Å². The summed E-state index contributed by atoms with van der Waals surface area (Å²) in [6.45, 7) is 9.88. The van der Waals surface area contributed by atoms with E-state index in [9.17, 15) is 4.79 Å². The number of carbonyl (C=O) groups excluding carboxylic acids is 1. The van der Waals surface area contributed by atoms with Gasteiger partial charge in [0.2, 0.25) is 0 Å². The molecule has 3 heterocycles. The fraction of sp³-hybridized carbons (Fsp3) is 0.360. The van der Waals surface area contributed by atoms with Gasteiger partial charge in [0.25, 0.3) is 0 Å². The Morgan fingerprint density at radius 2 is 1.82 bits per heavy atom. The number of hydrogen-bond donors (Lipinski definition) is 1. The van der Waals surface area contributed by atoms with E-state index in [4.69, 9.17) is 16.6 Å². The Morgan fingerprint density at radius 1 is 1.09 bits per heavy atom. The zero-order valence-corrected chi connectivity index (χ0v) is 20.7. The maximum atomic E-state index is 12.6. The number of piperazine rings is 1. The molecule has 1 aliphatic heterocycles. The van der Waals surface area contributed by atoms with Crippen LogP contribution in [0.15, 0.2) is 48.5 Å². The third-order valence-corrected chi connectivity index (χ3v) is 7.11. The Hall–Kier alpha value is -2.61. The molecule has 5 rings (SSSR count).